The lowest BCUT2D eigenvalue weighted by atomic mass is 10.0. The van der Waals surface area contributed by atoms with Gasteiger partial charge in [-0.3, -0.25) is 0 Å². The number of ether oxygens (including phenoxy) is 1. The maximum absolute atomic E-state index is 5.49. The van der Waals surface area contributed by atoms with Gasteiger partial charge in [0, 0.05) is 31.3 Å². The van der Waals surface area contributed by atoms with Crippen molar-refractivity contribution in [2.45, 2.75) is 44.2 Å². The van der Waals surface area contributed by atoms with Gasteiger partial charge in [0.05, 0.1) is 12.3 Å². The molecule has 4 heteroatoms. The topological polar surface area (TPSA) is 47.0 Å². The predicted octanol–water partition coefficient (Wildman–Crippen LogP) is 1.62. The van der Waals surface area contributed by atoms with Gasteiger partial charge < -0.3 is 10.1 Å². The number of rotatable bonds is 4. The van der Waals surface area contributed by atoms with Gasteiger partial charge in [0.15, 0.2) is 0 Å². The molecule has 17 heavy (non-hydrogen) atoms. The first-order chi connectivity index (χ1) is 8.42. The van der Waals surface area contributed by atoms with Crippen LogP contribution >= 0.6 is 0 Å². The zero-order chi connectivity index (χ0) is 11.5. The van der Waals surface area contributed by atoms with Gasteiger partial charge in [-0.05, 0) is 31.7 Å². The summed E-state index contributed by atoms with van der Waals surface area (Å²) in [6, 6.07) is 2.73. The van der Waals surface area contributed by atoms with Gasteiger partial charge in [-0.1, -0.05) is 0 Å². The minimum absolute atomic E-state index is 0.393. The van der Waals surface area contributed by atoms with Crippen molar-refractivity contribution in [3.8, 4) is 0 Å². The van der Waals surface area contributed by atoms with E-state index in [4.69, 9.17) is 4.74 Å². The fraction of sp³-hybridized carbons (Fsp3) is 0.692. The van der Waals surface area contributed by atoms with E-state index in [-0.39, 0.29) is 0 Å². The summed E-state index contributed by atoms with van der Waals surface area (Å²) in [6.45, 7) is 2.53. The van der Waals surface area contributed by atoms with Crippen LogP contribution in [0.15, 0.2) is 12.3 Å². The van der Waals surface area contributed by atoms with Crippen molar-refractivity contribution in [3.05, 3.63) is 23.8 Å². The summed E-state index contributed by atoms with van der Waals surface area (Å²) in [5.41, 5.74) is 1.10. The van der Waals surface area contributed by atoms with E-state index in [2.05, 4.69) is 15.3 Å². The molecule has 1 aliphatic heterocycles. The maximum atomic E-state index is 5.49. The van der Waals surface area contributed by atoms with Gasteiger partial charge in [0.2, 0.25) is 0 Å². The number of nitrogens with one attached hydrogen (secondary N) is 1. The third kappa shape index (κ3) is 3.01. The third-order valence-corrected chi connectivity index (χ3v) is 3.41. The summed E-state index contributed by atoms with van der Waals surface area (Å²) in [5, 5.41) is 3.48. The lowest BCUT2D eigenvalue weighted by Crippen LogP contribution is -2.20. The summed E-state index contributed by atoms with van der Waals surface area (Å²) < 4.78 is 5.49. The van der Waals surface area contributed by atoms with Crippen molar-refractivity contribution < 1.29 is 4.74 Å². The second kappa shape index (κ2) is 5.10. The van der Waals surface area contributed by atoms with Crippen LogP contribution in [0.1, 0.15) is 43.1 Å². The van der Waals surface area contributed by atoms with E-state index in [1.165, 1.54) is 12.8 Å². The Hall–Kier alpha value is -1.00. The molecule has 1 aromatic rings. The minimum atomic E-state index is 0.393. The van der Waals surface area contributed by atoms with Crippen LogP contribution < -0.4 is 5.32 Å². The number of hydrogen-bond donors (Lipinski definition) is 1. The number of nitrogens with zero attached hydrogens (tertiary/aromatic N) is 2. The first-order valence-electron chi connectivity index (χ1n) is 6.55. The largest absolute Gasteiger partial charge is 0.381 e. The number of hydrogen-bond acceptors (Lipinski definition) is 4. The van der Waals surface area contributed by atoms with Crippen molar-refractivity contribution >= 4 is 0 Å². The first-order valence-corrected chi connectivity index (χ1v) is 6.55. The Bertz CT molecular complexity index is 373. The molecule has 1 saturated heterocycles. The molecule has 1 N–H and O–H groups in total. The van der Waals surface area contributed by atoms with Crippen LogP contribution in [0.25, 0.3) is 0 Å². The lowest BCUT2D eigenvalue weighted by Gasteiger charge is -2.20. The summed E-state index contributed by atoms with van der Waals surface area (Å²) in [4.78, 5) is 9.03. The predicted molar refractivity (Wildman–Crippen MR) is 64.7 cm³/mol. The SMILES string of the molecule is c1cc(CNC2CC2)nc(C2CCCOC2)n1. The first kappa shape index (κ1) is 11.1. The molecule has 2 aliphatic rings. The fourth-order valence-electron chi connectivity index (χ4n) is 2.19. The smallest absolute Gasteiger partial charge is 0.133 e. The minimum Gasteiger partial charge on any atom is -0.381 e. The molecule has 2 fully saturated rings. The molecule has 1 unspecified atom stereocenters. The molecule has 0 bridgehead atoms. The summed E-state index contributed by atoms with van der Waals surface area (Å²) >= 11 is 0. The van der Waals surface area contributed by atoms with E-state index < -0.39 is 0 Å². The molecule has 4 nitrogen and oxygen atoms in total. The van der Waals surface area contributed by atoms with E-state index in [9.17, 15) is 0 Å². The van der Waals surface area contributed by atoms with E-state index >= 15 is 0 Å². The highest BCUT2D eigenvalue weighted by Crippen LogP contribution is 2.22. The van der Waals surface area contributed by atoms with Crippen LogP contribution in [-0.2, 0) is 11.3 Å². The zero-order valence-corrected chi connectivity index (χ0v) is 10.1. The van der Waals surface area contributed by atoms with Crippen LogP contribution in [0.4, 0.5) is 0 Å². The lowest BCUT2D eigenvalue weighted by molar-refractivity contribution is 0.0780. The summed E-state index contributed by atoms with van der Waals surface area (Å²) in [6.07, 6.45) is 6.78. The highest BCUT2D eigenvalue weighted by molar-refractivity contribution is 5.06. The molecule has 92 valence electrons. The van der Waals surface area contributed by atoms with Crippen molar-refractivity contribution in [1.82, 2.24) is 15.3 Å². The standard InChI is InChI=1S/C13H19N3O/c1-2-10(9-17-7-1)13-14-6-5-12(16-13)8-15-11-3-4-11/h5-6,10-11,15H,1-4,7-9H2. The van der Waals surface area contributed by atoms with E-state index in [0.717, 1.165) is 50.2 Å². The second-order valence-corrected chi connectivity index (χ2v) is 4.98. The van der Waals surface area contributed by atoms with Crippen LogP contribution in [0, 0.1) is 0 Å². The molecule has 0 amide bonds. The Balaban J connectivity index is 1.64. The Labute approximate surface area is 102 Å². The normalized spacial score (nSPS) is 24.8. The van der Waals surface area contributed by atoms with Crippen LogP contribution in [0.5, 0.6) is 0 Å². The molecule has 0 radical (unpaired) electrons. The molecule has 0 aromatic carbocycles. The Morgan fingerprint density at radius 1 is 1.35 bits per heavy atom. The highest BCUT2D eigenvalue weighted by Gasteiger charge is 2.21. The number of aromatic nitrogens is 2. The fourth-order valence-corrected chi connectivity index (χ4v) is 2.19. The van der Waals surface area contributed by atoms with Crippen LogP contribution in [0.3, 0.4) is 0 Å². The van der Waals surface area contributed by atoms with Gasteiger partial charge in [0.25, 0.3) is 0 Å². The quantitative estimate of drug-likeness (QED) is 0.858. The highest BCUT2D eigenvalue weighted by atomic mass is 16.5. The molecule has 1 atom stereocenters. The summed E-state index contributed by atoms with van der Waals surface area (Å²) in [5.74, 6) is 1.35. The van der Waals surface area contributed by atoms with Crippen LogP contribution in [0.2, 0.25) is 0 Å². The van der Waals surface area contributed by atoms with E-state index in [0.29, 0.717) is 5.92 Å². The molecule has 1 aliphatic carbocycles. The molecule has 0 spiro atoms. The second-order valence-electron chi connectivity index (χ2n) is 4.98. The van der Waals surface area contributed by atoms with Gasteiger partial charge in [0.1, 0.15) is 5.82 Å². The molecule has 3 rings (SSSR count). The van der Waals surface area contributed by atoms with Crippen molar-refractivity contribution in [3.63, 3.8) is 0 Å². The zero-order valence-electron chi connectivity index (χ0n) is 10.1. The summed E-state index contributed by atoms with van der Waals surface area (Å²) in [7, 11) is 0. The van der Waals surface area contributed by atoms with Gasteiger partial charge in [-0.25, -0.2) is 9.97 Å². The molecule has 2 heterocycles. The van der Waals surface area contributed by atoms with E-state index in [1.807, 2.05) is 12.3 Å². The molecule has 1 aromatic heterocycles. The Kier molecular flexibility index (Phi) is 3.34. The van der Waals surface area contributed by atoms with E-state index in [1.54, 1.807) is 0 Å². The van der Waals surface area contributed by atoms with Gasteiger partial charge >= 0.3 is 0 Å². The van der Waals surface area contributed by atoms with Crippen molar-refractivity contribution in [2.75, 3.05) is 13.2 Å². The Morgan fingerprint density at radius 3 is 3.06 bits per heavy atom. The Morgan fingerprint density at radius 2 is 2.29 bits per heavy atom. The molecule has 1 saturated carbocycles. The van der Waals surface area contributed by atoms with Crippen LogP contribution in [-0.4, -0.2) is 29.2 Å². The third-order valence-electron chi connectivity index (χ3n) is 3.41. The average molecular weight is 233 g/mol. The average Bonchev–Trinajstić information content (AvgIpc) is 3.22. The maximum Gasteiger partial charge on any atom is 0.133 e. The van der Waals surface area contributed by atoms with Crippen molar-refractivity contribution in [1.29, 1.82) is 0 Å². The molecular weight excluding hydrogens is 214 g/mol. The van der Waals surface area contributed by atoms with Gasteiger partial charge in [-0.15, -0.1) is 0 Å². The van der Waals surface area contributed by atoms with Gasteiger partial charge in [-0.2, -0.15) is 0 Å². The van der Waals surface area contributed by atoms with Crippen molar-refractivity contribution in [2.24, 2.45) is 0 Å². The monoisotopic (exact) mass is 233 g/mol. The molecular formula is C13H19N3O.